The molecule has 0 unspecified atom stereocenters. The molecule has 4 aromatic rings. The third-order valence-electron chi connectivity index (χ3n) is 6.10. The predicted octanol–water partition coefficient (Wildman–Crippen LogP) is 6.68. The molecule has 0 atom stereocenters. The minimum atomic E-state index is -4.43. The van der Waals surface area contributed by atoms with Crippen LogP contribution in [0.4, 0.5) is 13.2 Å². The number of ether oxygens (including phenoxy) is 1. The molecule has 0 spiro atoms. The zero-order chi connectivity index (χ0) is 24.6. The van der Waals surface area contributed by atoms with E-state index in [0.29, 0.717) is 47.2 Å². The van der Waals surface area contributed by atoms with Crippen LogP contribution >= 0.6 is 11.3 Å². The minimum Gasteiger partial charge on any atom is -0.488 e. The number of aliphatic carboxylic acids is 1. The lowest BCUT2D eigenvalue weighted by Crippen LogP contribution is -2.49. The van der Waals surface area contributed by atoms with Crippen molar-refractivity contribution in [3.63, 3.8) is 0 Å². The standard InChI is InChI=1S/C27H22F3NO3S/c28-27(29,30)25-24(18-4-2-1-3-5-18)12-23(35-25)16-34-22-9-8-19-10-17(6-7-20(19)11-22)13-31-14-21(15-31)26(32)33/h1-12,21H,13-16H2,(H,32,33). The van der Waals surface area contributed by atoms with E-state index in [0.717, 1.165) is 16.3 Å². The number of halogens is 3. The first kappa shape index (κ1) is 23.4. The number of thiophene rings is 1. The molecular formula is C27H22F3NO3S. The second kappa shape index (κ2) is 9.36. The predicted molar refractivity (Wildman–Crippen MR) is 129 cm³/mol. The van der Waals surface area contributed by atoms with Gasteiger partial charge in [-0.2, -0.15) is 13.2 Å². The van der Waals surface area contributed by atoms with Crippen LogP contribution in [-0.2, 0) is 24.1 Å². The lowest BCUT2D eigenvalue weighted by Gasteiger charge is -2.36. The number of hydrogen-bond donors (Lipinski definition) is 1. The van der Waals surface area contributed by atoms with Crippen LogP contribution in [0, 0.1) is 5.92 Å². The largest absolute Gasteiger partial charge is 0.488 e. The number of benzene rings is 3. The van der Waals surface area contributed by atoms with Gasteiger partial charge in [0.25, 0.3) is 0 Å². The number of carbonyl (C=O) groups is 1. The van der Waals surface area contributed by atoms with Crippen molar-refractivity contribution in [2.75, 3.05) is 13.1 Å². The normalized spacial score (nSPS) is 14.7. The summed E-state index contributed by atoms with van der Waals surface area (Å²) in [4.78, 5) is 12.9. The lowest BCUT2D eigenvalue weighted by atomic mass is 9.99. The topological polar surface area (TPSA) is 49.8 Å². The van der Waals surface area contributed by atoms with Gasteiger partial charge in [-0.3, -0.25) is 9.69 Å². The maximum Gasteiger partial charge on any atom is 0.426 e. The monoisotopic (exact) mass is 497 g/mol. The Morgan fingerprint density at radius 1 is 1.00 bits per heavy atom. The van der Waals surface area contributed by atoms with Gasteiger partial charge in [-0.05, 0) is 46.2 Å². The van der Waals surface area contributed by atoms with Gasteiger partial charge in [0.2, 0.25) is 0 Å². The second-order valence-electron chi connectivity index (χ2n) is 8.68. The molecule has 0 aliphatic carbocycles. The number of rotatable bonds is 7. The van der Waals surface area contributed by atoms with Crippen LogP contribution in [0.3, 0.4) is 0 Å². The highest BCUT2D eigenvalue weighted by molar-refractivity contribution is 7.12. The highest BCUT2D eigenvalue weighted by atomic mass is 32.1. The average molecular weight is 498 g/mol. The molecule has 0 saturated carbocycles. The SMILES string of the molecule is O=C(O)C1CN(Cc2ccc3cc(OCc4cc(-c5ccccc5)c(C(F)(F)F)s4)ccc3c2)C1. The number of carboxylic acids is 1. The Morgan fingerprint density at radius 2 is 1.71 bits per heavy atom. The molecular weight excluding hydrogens is 475 g/mol. The van der Waals surface area contributed by atoms with Gasteiger partial charge < -0.3 is 9.84 Å². The van der Waals surface area contributed by atoms with Crippen molar-refractivity contribution in [3.05, 3.63) is 88.1 Å². The number of nitrogens with zero attached hydrogens (tertiary/aromatic N) is 1. The van der Waals surface area contributed by atoms with Crippen LogP contribution < -0.4 is 4.74 Å². The Bertz CT molecular complexity index is 1360. The van der Waals surface area contributed by atoms with E-state index >= 15 is 0 Å². The molecule has 5 rings (SSSR count). The summed E-state index contributed by atoms with van der Waals surface area (Å²) in [7, 11) is 0. The summed E-state index contributed by atoms with van der Waals surface area (Å²) >= 11 is 0.710. The molecule has 3 aromatic carbocycles. The fourth-order valence-corrected chi connectivity index (χ4v) is 5.24. The van der Waals surface area contributed by atoms with Crippen LogP contribution in [0.5, 0.6) is 5.75 Å². The van der Waals surface area contributed by atoms with Crippen LogP contribution in [-0.4, -0.2) is 29.1 Å². The zero-order valence-corrected chi connectivity index (χ0v) is 19.4. The van der Waals surface area contributed by atoms with Crippen molar-refractivity contribution in [2.45, 2.75) is 19.3 Å². The van der Waals surface area contributed by atoms with Gasteiger partial charge in [0.05, 0.1) is 5.92 Å². The van der Waals surface area contributed by atoms with Crippen molar-refractivity contribution in [2.24, 2.45) is 5.92 Å². The Hall–Kier alpha value is -3.36. The minimum absolute atomic E-state index is 0.0455. The number of carboxylic acid groups (broad SMARTS) is 1. The first-order chi connectivity index (χ1) is 16.8. The Morgan fingerprint density at radius 3 is 2.43 bits per heavy atom. The van der Waals surface area contributed by atoms with Gasteiger partial charge in [0, 0.05) is 30.1 Å². The van der Waals surface area contributed by atoms with Crippen molar-refractivity contribution < 1.29 is 27.8 Å². The molecule has 1 saturated heterocycles. The van der Waals surface area contributed by atoms with E-state index in [1.165, 1.54) is 0 Å². The molecule has 1 aliphatic rings. The summed E-state index contributed by atoms with van der Waals surface area (Å²) < 4.78 is 46.7. The van der Waals surface area contributed by atoms with Gasteiger partial charge in [-0.15, -0.1) is 11.3 Å². The fraction of sp³-hybridized carbons (Fsp3) is 0.222. The van der Waals surface area contributed by atoms with Crippen molar-refractivity contribution in [1.29, 1.82) is 0 Å². The zero-order valence-electron chi connectivity index (χ0n) is 18.6. The highest BCUT2D eigenvalue weighted by Gasteiger charge is 2.36. The van der Waals surface area contributed by atoms with Gasteiger partial charge >= 0.3 is 12.1 Å². The van der Waals surface area contributed by atoms with E-state index in [2.05, 4.69) is 11.0 Å². The van der Waals surface area contributed by atoms with Crippen LogP contribution in [0.1, 0.15) is 15.3 Å². The third kappa shape index (κ3) is 5.18. The van der Waals surface area contributed by atoms with Crippen LogP contribution in [0.2, 0.25) is 0 Å². The van der Waals surface area contributed by atoms with E-state index in [1.54, 1.807) is 36.4 Å². The molecule has 8 heteroatoms. The number of likely N-dealkylation sites (tertiary alicyclic amines) is 1. The van der Waals surface area contributed by atoms with E-state index < -0.39 is 17.0 Å². The maximum absolute atomic E-state index is 13.6. The lowest BCUT2D eigenvalue weighted by molar-refractivity contribution is -0.147. The first-order valence-electron chi connectivity index (χ1n) is 11.1. The van der Waals surface area contributed by atoms with Gasteiger partial charge in [-0.25, -0.2) is 0 Å². The maximum atomic E-state index is 13.6. The van der Waals surface area contributed by atoms with E-state index in [4.69, 9.17) is 9.84 Å². The quantitative estimate of drug-likeness (QED) is 0.309. The van der Waals surface area contributed by atoms with E-state index in [9.17, 15) is 18.0 Å². The van der Waals surface area contributed by atoms with E-state index in [-0.39, 0.29) is 18.1 Å². The second-order valence-corrected chi connectivity index (χ2v) is 9.82. The number of hydrogen-bond acceptors (Lipinski definition) is 4. The van der Waals surface area contributed by atoms with Gasteiger partial charge in [0.15, 0.2) is 0 Å². The summed E-state index contributed by atoms with van der Waals surface area (Å²) in [6, 6.07) is 21.8. The summed E-state index contributed by atoms with van der Waals surface area (Å²) in [6.45, 7) is 1.86. The molecule has 180 valence electrons. The van der Waals surface area contributed by atoms with Crippen molar-refractivity contribution in [1.82, 2.24) is 4.90 Å². The van der Waals surface area contributed by atoms with Crippen LogP contribution in [0.15, 0.2) is 72.8 Å². The van der Waals surface area contributed by atoms with Gasteiger partial charge in [0.1, 0.15) is 17.2 Å². The molecule has 4 nitrogen and oxygen atoms in total. The molecule has 2 heterocycles. The smallest absolute Gasteiger partial charge is 0.426 e. The molecule has 1 aliphatic heterocycles. The van der Waals surface area contributed by atoms with E-state index in [1.807, 2.05) is 30.3 Å². The summed E-state index contributed by atoms with van der Waals surface area (Å²) in [5.74, 6) is -0.448. The highest BCUT2D eigenvalue weighted by Crippen LogP contribution is 2.43. The molecule has 1 N–H and O–H groups in total. The fourth-order valence-electron chi connectivity index (χ4n) is 4.29. The Labute approximate surface area is 204 Å². The van der Waals surface area contributed by atoms with Crippen molar-refractivity contribution >= 4 is 28.1 Å². The summed E-state index contributed by atoms with van der Waals surface area (Å²) in [5, 5.41) is 11.0. The molecule has 0 bridgehead atoms. The molecule has 1 fully saturated rings. The van der Waals surface area contributed by atoms with Crippen molar-refractivity contribution in [3.8, 4) is 16.9 Å². The first-order valence-corrected chi connectivity index (χ1v) is 11.9. The molecule has 0 amide bonds. The molecule has 35 heavy (non-hydrogen) atoms. The third-order valence-corrected chi connectivity index (χ3v) is 7.25. The van der Waals surface area contributed by atoms with Crippen LogP contribution in [0.25, 0.3) is 21.9 Å². The molecule has 1 aromatic heterocycles. The van der Waals surface area contributed by atoms with Gasteiger partial charge in [-0.1, -0.05) is 48.5 Å². The molecule has 0 radical (unpaired) electrons. The number of alkyl halides is 3. The number of fused-ring (bicyclic) bond motifs is 1. The summed E-state index contributed by atoms with van der Waals surface area (Å²) in [6.07, 6.45) is -4.43. The average Bonchev–Trinajstić information content (AvgIpc) is 3.25. The Balaban J connectivity index is 1.28. The summed E-state index contributed by atoms with van der Waals surface area (Å²) in [5.41, 5.74) is 1.80. The Kier molecular flexibility index (Phi) is 6.25.